The molecule has 0 aromatic carbocycles. The van der Waals surface area contributed by atoms with E-state index in [0.717, 1.165) is 5.69 Å². The Hall–Kier alpha value is -1.85. The third kappa shape index (κ3) is 3.08. The lowest BCUT2D eigenvalue weighted by molar-refractivity contribution is -0.122. The van der Waals surface area contributed by atoms with Gasteiger partial charge in [-0.2, -0.15) is 4.98 Å². The van der Waals surface area contributed by atoms with Crippen molar-refractivity contribution in [2.75, 3.05) is 11.5 Å². The predicted molar refractivity (Wildman–Crippen MR) is 56.1 cm³/mol. The van der Waals surface area contributed by atoms with Crippen molar-refractivity contribution >= 4 is 18.2 Å². The van der Waals surface area contributed by atoms with Crippen molar-refractivity contribution < 1.29 is 9.90 Å². The van der Waals surface area contributed by atoms with Crippen LogP contribution in [0.25, 0.3) is 0 Å². The fourth-order valence-electron chi connectivity index (χ4n) is 1.42. The van der Waals surface area contributed by atoms with Crippen LogP contribution in [0, 0.1) is 0 Å². The fraction of sp³-hybridized carbons (Fsp3) is 0.444. The highest BCUT2D eigenvalue weighted by Gasteiger charge is 2.21. The van der Waals surface area contributed by atoms with Crippen LogP contribution in [-0.4, -0.2) is 21.5 Å². The van der Waals surface area contributed by atoms with Gasteiger partial charge >= 0.3 is 0 Å². The largest absolute Gasteiger partial charge is 0.483 e. The Bertz CT molecular complexity index is 319. The number of nitrogens with two attached hydrogens (primary N) is 2. The standard InChI is InChI=1S/C8H12N4.CH2O2/c9-7-4-6(5-2-1-3-5)11-8(10)12-7;2-1-3/h4-5H,1-3H2,(H4,9,10,11,12);1H,(H,2,3). The van der Waals surface area contributed by atoms with Crippen molar-refractivity contribution in [3.8, 4) is 0 Å². The second-order valence-corrected chi connectivity index (χ2v) is 3.31. The van der Waals surface area contributed by atoms with Crippen molar-refractivity contribution in [3.05, 3.63) is 11.8 Å². The first kappa shape index (κ1) is 11.2. The first-order valence-corrected chi connectivity index (χ1v) is 4.65. The summed E-state index contributed by atoms with van der Waals surface area (Å²) in [7, 11) is 0. The number of carbonyl (C=O) groups is 1. The second-order valence-electron chi connectivity index (χ2n) is 3.31. The van der Waals surface area contributed by atoms with Crippen LogP contribution in [0.15, 0.2) is 6.07 Å². The summed E-state index contributed by atoms with van der Waals surface area (Å²) in [5, 5.41) is 6.89. The Labute approximate surface area is 87.3 Å². The molecule has 2 rings (SSSR count). The zero-order valence-electron chi connectivity index (χ0n) is 8.26. The molecule has 0 radical (unpaired) electrons. The molecule has 0 atom stereocenters. The van der Waals surface area contributed by atoms with Crippen LogP contribution >= 0.6 is 0 Å². The molecular formula is C9H14N4O2. The van der Waals surface area contributed by atoms with E-state index in [4.69, 9.17) is 21.4 Å². The Morgan fingerprint density at radius 1 is 1.40 bits per heavy atom. The molecule has 0 bridgehead atoms. The van der Waals surface area contributed by atoms with E-state index in [1.165, 1.54) is 19.3 Å². The maximum Gasteiger partial charge on any atom is 0.290 e. The van der Waals surface area contributed by atoms with Gasteiger partial charge in [-0.15, -0.1) is 0 Å². The molecule has 6 heteroatoms. The van der Waals surface area contributed by atoms with Gasteiger partial charge in [0.25, 0.3) is 6.47 Å². The van der Waals surface area contributed by atoms with Gasteiger partial charge in [0, 0.05) is 12.0 Å². The maximum absolute atomic E-state index is 8.36. The molecule has 6 nitrogen and oxygen atoms in total. The maximum atomic E-state index is 8.36. The minimum Gasteiger partial charge on any atom is -0.483 e. The molecule has 1 fully saturated rings. The van der Waals surface area contributed by atoms with Crippen LogP contribution in [0.2, 0.25) is 0 Å². The smallest absolute Gasteiger partial charge is 0.290 e. The molecule has 1 saturated carbocycles. The van der Waals surface area contributed by atoms with Gasteiger partial charge in [-0.05, 0) is 12.8 Å². The van der Waals surface area contributed by atoms with Crippen LogP contribution < -0.4 is 11.5 Å². The van der Waals surface area contributed by atoms with Crippen LogP contribution in [0.5, 0.6) is 0 Å². The molecule has 1 aliphatic carbocycles. The molecule has 0 aliphatic heterocycles. The summed E-state index contributed by atoms with van der Waals surface area (Å²) in [6.45, 7) is -0.250. The zero-order valence-corrected chi connectivity index (χ0v) is 8.26. The minimum atomic E-state index is -0.250. The van der Waals surface area contributed by atoms with Crippen molar-refractivity contribution in [1.82, 2.24) is 9.97 Å². The predicted octanol–water partition coefficient (Wildman–Crippen LogP) is 0.609. The highest BCUT2D eigenvalue weighted by Crippen LogP contribution is 2.35. The lowest BCUT2D eigenvalue weighted by Gasteiger charge is -2.24. The molecule has 15 heavy (non-hydrogen) atoms. The van der Waals surface area contributed by atoms with Crippen molar-refractivity contribution in [1.29, 1.82) is 0 Å². The van der Waals surface area contributed by atoms with E-state index in [9.17, 15) is 0 Å². The average Bonchev–Trinajstić information content (AvgIpc) is 1.99. The van der Waals surface area contributed by atoms with Gasteiger partial charge in [-0.25, -0.2) is 4.98 Å². The number of carboxylic acid groups (broad SMARTS) is 1. The van der Waals surface area contributed by atoms with Crippen molar-refractivity contribution in [2.24, 2.45) is 0 Å². The summed E-state index contributed by atoms with van der Waals surface area (Å²) in [5.41, 5.74) is 12.0. The molecule has 0 saturated heterocycles. The number of aromatic nitrogens is 2. The molecular weight excluding hydrogens is 196 g/mol. The van der Waals surface area contributed by atoms with Crippen LogP contribution in [0.4, 0.5) is 11.8 Å². The highest BCUT2D eigenvalue weighted by molar-refractivity contribution is 5.37. The van der Waals surface area contributed by atoms with Gasteiger partial charge in [0.2, 0.25) is 5.95 Å². The van der Waals surface area contributed by atoms with Crippen LogP contribution in [-0.2, 0) is 4.79 Å². The summed E-state index contributed by atoms with van der Waals surface area (Å²) < 4.78 is 0. The van der Waals surface area contributed by atoms with E-state index < -0.39 is 0 Å². The second kappa shape index (κ2) is 5.14. The van der Waals surface area contributed by atoms with Gasteiger partial charge < -0.3 is 16.6 Å². The normalized spacial score (nSPS) is 14.7. The van der Waals surface area contributed by atoms with E-state index in [1.54, 1.807) is 0 Å². The summed E-state index contributed by atoms with van der Waals surface area (Å²) >= 11 is 0. The Morgan fingerprint density at radius 2 is 2.00 bits per heavy atom. The highest BCUT2D eigenvalue weighted by atomic mass is 16.3. The van der Waals surface area contributed by atoms with Crippen LogP contribution in [0.1, 0.15) is 30.9 Å². The molecule has 1 aromatic heterocycles. The summed E-state index contributed by atoms with van der Waals surface area (Å²) in [4.78, 5) is 16.3. The van der Waals surface area contributed by atoms with Gasteiger partial charge in [0.05, 0.1) is 5.69 Å². The van der Waals surface area contributed by atoms with Gasteiger partial charge in [-0.3, -0.25) is 4.79 Å². The number of nitrogen functional groups attached to an aromatic ring is 2. The summed E-state index contributed by atoms with van der Waals surface area (Å²) in [6.07, 6.45) is 3.69. The Morgan fingerprint density at radius 3 is 2.40 bits per heavy atom. The molecule has 0 unspecified atom stereocenters. The van der Waals surface area contributed by atoms with E-state index in [-0.39, 0.29) is 12.4 Å². The number of nitrogens with zero attached hydrogens (tertiary/aromatic N) is 2. The number of hydrogen-bond donors (Lipinski definition) is 3. The summed E-state index contributed by atoms with van der Waals surface area (Å²) in [6, 6.07) is 1.82. The van der Waals surface area contributed by atoms with E-state index in [0.29, 0.717) is 11.7 Å². The molecule has 0 amide bonds. The lowest BCUT2D eigenvalue weighted by atomic mass is 9.83. The molecule has 5 N–H and O–H groups in total. The average molecular weight is 210 g/mol. The molecule has 82 valence electrons. The molecule has 0 spiro atoms. The monoisotopic (exact) mass is 210 g/mol. The first-order valence-electron chi connectivity index (χ1n) is 4.65. The Balaban J connectivity index is 0.000000337. The van der Waals surface area contributed by atoms with Gasteiger partial charge in [0.15, 0.2) is 0 Å². The lowest BCUT2D eigenvalue weighted by Crippen LogP contribution is -2.13. The molecule has 1 aromatic rings. The summed E-state index contributed by atoms with van der Waals surface area (Å²) in [5.74, 6) is 1.33. The van der Waals surface area contributed by atoms with Gasteiger partial charge in [-0.1, -0.05) is 6.42 Å². The minimum absolute atomic E-state index is 0.250. The number of anilines is 2. The third-order valence-electron chi connectivity index (χ3n) is 2.31. The fourth-order valence-corrected chi connectivity index (χ4v) is 1.42. The molecule has 1 aliphatic rings. The molecule has 1 heterocycles. The Kier molecular flexibility index (Phi) is 3.84. The van der Waals surface area contributed by atoms with E-state index in [2.05, 4.69) is 9.97 Å². The van der Waals surface area contributed by atoms with Crippen molar-refractivity contribution in [3.63, 3.8) is 0 Å². The van der Waals surface area contributed by atoms with E-state index >= 15 is 0 Å². The van der Waals surface area contributed by atoms with E-state index in [1.807, 2.05) is 6.07 Å². The zero-order chi connectivity index (χ0) is 11.3. The van der Waals surface area contributed by atoms with Gasteiger partial charge in [0.1, 0.15) is 5.82 Å². The number of rotatable bonds is 1. The topological polar surface area (TPSA) is 115 Å². The van der Waals surface area contributed by atoms with Crippen LogP contribution in [0.3, 0.4) is 0 Å². The quantitative estimate of drug-likeness (QED) is 0.585. The van der Waals surface area contributed by atoms with Crippen molar-refractivity contribution in [2.45, 2.75) is 25.2 Å². The first-order chi connectivity index (χ1) is 7.17. The number of hydrogen-bond acceptors (Lipinski definition) is 5. The SMILES string of the molecule is Nc1cc(C2CCC2)nc(N)n1.O=CO. The third-order valence-corrected chi connectivity index (χ3v) is 2.31.